The fourth-order valence-corrected chi connectivity index (χ4v) is 4.40. The molecule has 1 unspecified atom stereocenters. The molecular formula is C22H27N3O. The number of nitrogens with zero attached hydrogens (tertiary/aromatic N) is 2. The van der Waals surface area contributed by atoms with Gasteiger partial charge in [0.05, 0.1) is 11.6 Å². The first kappa shape index (κ1) is 17.1. The van der Waals surface area contributed by atoms with Crippen LogP contribution in [-0.4, -0.2) is 28.9 Å². The summed E-state index contributed by atoms with van der Waals surface area (Å²) in [6.07, 6.45) is 6.18. The summed E-state index contributed by atoms with van der Waals surface area (Å²) in [4.78, 5) is 19.5. The summed E-state index contributed by atoms with van der Waals surface area (Å²) < 4.78 is 0. The molecule has 1 aliphatic heterocycles. The van der Waals surface area contributed by atoms with Crippen molar-refractivity contribution in [2.45, 2.75) is 51.0 Å². The van der Waals surface area contributed by atoms with Crippen LogP contribution in [0.1, 0.15) is 67.1 Å². The Morgan fingerprint density at radius 1 is 1.12 bits per heavy atom. The molecule has 1 amide bonds. The first-order valence-electron chi connectivity index (χ1n) is 9.66. The van der Waals surface area contributed by atoms with E-state index in [1.807, 2.05) is 17.0 Å². The second-order valence-corrected chi connectivity index (χ2v) is 8.12. The molecular weight excluding hydrogens is 322 g/mol. The minimum absolute atomic E-state index is 0.103. The number of anilines is 1. The number of fused-ring (bicyclic) bond motifs is 1. The Kier molecular flexibility index (Phi) is 4.43. The number of hydrogen-bond acceptors (Lipinski definition) is 3. The topological polar surface area (TPSA) is 45.2 Å². The average molecular weight is 349 g/mol. The molecule has 2 aromatic rings. The van der Waals surface area contributed by atoms with E-state index in [0.29, 0.717) is 11.4 Å². The minimum Gasteiger partial charge on any atom is -0.363 e. The van der Waals surface area contributed by atoms with Crippen molar-refractivity contribution in [3.05, 3.63) is 59.3 Å². The van der Waals surface area contributed by atoms with Gasteiger partial charge in [0.2, 0.25) is 0 Å². The fourth-order valence-electron chi connectivity index (χ4n) is 4.40. The second-order valence-electron chi connectivity index (χ2n) is 8.12. The number of pyridine rings is 1. The van der Waals surface area contributed by atoms with Gasteiger partial charge in [-0.3, -0.25) is 4.79 Å². The second kappa shape index (κ2) is 6.75. The van der Waals surface area contributed by atoms with Crippen molar-refractivity contribution in [1.29, 1.82) is 0 Å². The van der Waals surface area contributed by atoms with Crippen LogP contribution < -0.4 is 5.32 Å². The molecule has 0 bridgehead atoms. The minimum atomic E-state index is 0.103. The van der Waals surface area contributed by atoms with E-state index < -0.39 is 0 Å². The number of aromatic nitrogens is 1. The maximum atomic E-state index is 13.0. The van der Waals surface area contributed by atoms with Gasteiger partial charge in [0.25, 0.3) is 5.91 Å². The molecule has 2 heterocycles. The largest absolute Gasteiger partial charge is 0.363 e. The highest BCUT2D eigenvalue weighted by Crippen LogP contribution is 2.45. The fraction of sp³-hybridized carbons (Fsp3) is 0.455. The Morgan fingerprint density at radius 3 is 2.69 bits per heavy atom. The maximum absolute atomic E-state index is 13.0. The number of carbonyl (C=O) groups excluding carboxylic acids is 1. The van der Waals surface area contributed by atoms with Gasteiger partial charge in [-0.1, -0.05) is 38.1 Å². The quantitative estimate of drug-likeness (QED) is 0.885. The van der Waals surface area contributed by atoms with Crippen molar-refractivity contribution in [2.24, 2.45) is 0 Å². The van der Waals surface area contributed by atoms with Crippen LogP contribution in [0, 0.1) is 0 Å². The number of carbonyl (C=O) groups is 1. The molecule has 1 saturated heterocycles. The third-order valence-electron chi connectivity index (χ3n) is 5.77. The molecule has 1 fully saturated rings. The van der Waals surface area contributed by atoms with Gasteiger partial charge in [0.15, 0.2) is 0 Å². The van der Waals surface area contributed by atoms with E-state index in [-0.39, 0.29) is 17.4 Å². The van der Waals surface area contributed by atoms with Crippen molar-refractivity contribution < 1.29 is 4.79 Å². The van der Waals surface area contributed by atoms with Crippen LogP contribution >= 0.6 is 0 Å². The smallest absolute Gasteiger partial charge is 0.257 e. The lowest BCUT2D eigenvalue weighted by Gasteiger charge is -2.28. The lowest BCUT2D eigenvalue weighted by molar-refractivity contribution is 0.0725. The Labute approximate surface area is 155 Å². The van der Waals surface area contributed by atoms with Crippen molar-refractivity contribution >= 4 is 11.7 Å². The zero-order chi connectivity index (χ0) is 18.1. The van der Waals surface area contributed by atoms with Gasteiger partial charge in [-0.2, -0.15) is 0 Å². The lowest BCUT2D eigenvalue weighted by Crippen LogP contribution is -2.36. The number of likely N-dealkylation sites (tertiary alicyclic amines) is 1. The Hall–Kier alpha value is -2.36. The molecule has 0 spiro atoms. The van der Waals surface area contributed by atoms with Crippen molar-refractivity contribution in [1.82, 2.24) is 9.88 Å². The van der Waals surface area contributed by atoms with E-state index in [0.717, 1.165) is 32.4 Å². The van der Waals surface area contributed by atoms with Gasteiger partial charge in [-0.15, -0.1) is 0 Å². The number of piperidine rings is 1. The molecule has 4 nitrogen and oxygen atoms in total. The first-order chi connectivity index (χ1) is 12.6. The molecule has 1 aromatic carbocycles. The van der Waals surface area contributed by atoms with Crippen LogP contribution in [0.5, 0.6) is 0 Å². The highest BCUT2D eigenvalue weighted by Gasteiger charge is 2.37. The third kappa shape index (κ3) is 3.09. The predicted molar refractivity (Wildman–Crippen MR) is 104 cm³/mol. The molecule has 0 saturated carbocycles. The molecule has 4 heteroatoms. The molecule has 2 aliphatic rings. The Morgan fingerprint density at radius 2 is 1.88 bits per heavy atom. The van der Waals surface area contributed by atoms with Crippen LogP contribution in [0.15, 0.2) is 42.6 Å². The van der Waals surface area contributed by atoms with Crippen LogP contribution in [0.3, 0.4) is 0 Å². The van der Waals surface area contributed by atoms with Gasteiger partial charge in [-0.25, -0.2) is 4.98 Å². The van der Waals surface area contributed by atoms with Gasteiger partial charge < -0.3 is 10.2 Å². The summed E-state index contributed by atoms with van der Waals surface area (Å²) in [6.45, 7) is 6.27. The highest BCUT2D eigenvalue weighted by molar-refractivity contribution is 5.98. The lowest BCUT2D eigenvalue weighted by atomic mass is 9.86. The van der Waals surface area contributed by atoms with Crippen LogP contribution in [0.2, 0.25) is 0 Å². The van der Waals surface area contributed by atoms with E-state index in [4.69, 9.17) is 0 Å². The van der Waals surface area contributed by atoms with Gasteiger partial charge in [-0.05, 0) is 54.4 Å². The summed E-state index contributed by atoms with van der Waals surface area (Å²) in [5, 5.41) is 3.58. The van der Waals surface area contributed by atoms with Crippen molar-refractivity contribution in [2.75, 3.05) is 18.4 Å². The first-order valence-corrected chi connectivity index (χ1v) is 9.66. The average Bonchev–Trinajstić information content (AvgIpc) is 2.93. The van der Waals surface area contributed by atoms with E-state index in [1.165, 1.54) is 17.5 Å². The van der Waals surface area contributed by atoms with Crippen molar-refractivity contribution in [3.8, 4) is 0 Å². The zero-order valence-electron chi connectivity index (χ0n) is 15.7. The van der Waals surface area contributed by atoms with E-state index in [1.54, 1.807) is 6.20 Å². The summed E-state index contributed by atoms with van der Waals surface area (Å²) in [6, 6.07) is 12.5. The standard InChI is InChI=1S/C22H27N3O/c1-22(2)15-19(16-9-4-5-11-18(16)22)24-20-17(10-8-12-23-20)21(26)25-13-6-3-7-14-25/h4-5,8-12,19H,3,6-7,13-15H2,1-2H3,(H,23,24). The molecule has 0 radical (unpaired) electrons. The van der Waals surface area contributed by atoms with Crippen LogP contribution in [0.25, 0.3) is 0 Å². The van der Waals surface area contributed by atoms with Crippen LogP contribution in [0.4, 0.5) is 5.82 Å². The monoisotopic (exact) mass is 349 g/mol. The van der Waals surface area contributed by atoms with Gasteiger partial charge in [0.1, 0.15) is 5.82 Å². The van der Waals surface area contributed by atoms with Crippen molar-refractivity contribution in [3.63, 3.8) is 0 Å². The summed E-state index contributed by atoms with van der Waals surface area (Å²) >= 11 is 0. The number of hydrogen-bond donors (Lipinski definition) is 1. The number of nitrogens with one attached hydrogen (secondary N) is 1. The third-order valence-corrected chi connectivity index (χ3v) is 5.77. The predicted octanol–water partition coefficient (Wildman–Crippen LogP) is 4.54. The molecule has 4 rings (SSSR count). The number of amides is 1. The number of benzene rings is 1. The molecule has 26 heavy (non-hydrogen) atoms. The number of rotatable bonds is 3. The van der Waals surface area contributed by atoms with Gasteiger partial charge >= 0.3 is 0 Å². The van der Waals surface area contributed by atoms with E-state index in [9.17, 15) is 4.79 Å². The molecule has 1 N–H and O–H groups in total. The summed E-state index contributed by atoms with van der Waals surface area (Å²) in [7, 11) is 0. The maximum Gasteiger partial charge on any atom is 0.257 e. The normalized spacial score (nSPS) is 21.3. The van der Waals surface area contributed by atoms with E-state index in [2.05, 4.69) is 48.4 Å². The summed E-state index contributed by atoms with van der Waals surface area (Å²) in [5.41, 5.74) is 3.52. The Balaban J connectivity index is 1.61. The van der Waals surface area contributed by atoms with Crippen LogP contribution in [-0.2, 0) is 5.41 Å². The molecule has 136 valence electrons. The van der Waals surface area contributed by atoms with Gasteiger partial charge in [0, 0.05) is 19.3 Å². The molecule has 1 aromatic heterocycles. The molecule has 1 atom stereocenters. The zero-order valence-corrected chi connectivity index (χ0v) is 15.7. The SMILES string of the molecule is CC1(C)CC(Nc2ncccc2C(=O)N2CCCCC2)c2ccccc21. The summed E-state index contributed by atoms with van der Waals surface area (Å²) in [5.74, 6) is 0.811. The highest BCUT2D eigenvalue weighted by atomic mass is 16.2. The Bertz CT molecular complexity index is 809. The molecule has 1 aliphatic carbocycles. The van der Waals surface area contributed by atoms with E-state index >= 15 is 0 Å².